The summed E-state index contributed by atoms with van der Waals surface area (Å²) in [5.41, 5.74) is 1.75. The second-order valence-electron chi connectivity index (χ2n) is 11.1. The first-order valence-electron chi connectivity index (χ1n) is 15.5. The average Bonchev–Trinajstić information content (AvgIpc) is 3.56. The van der Waals surface area contributed by atoms with E-state index in [2.05, 4.69) is 15.5 Å². The molecule has 0 amide bonds. The van der Waals surface area contributed by atoms with Gasteiger partial charge in [0.1, 0.15) is 17.3 Å². The first-order chi connectivity index (χ1) is 24.1. The van der Waals surface area contributed by atoms with E-state index >= 15 is 0 Å². The number of carboxylic acids is 1. The Morgan fingerprint density at radius 3 is 1.82 bits per heavy atom. The Morgan fingerprint density at radius 1 is 0.800 bits per heavy atom. The maximum absolute atomic E-state index is 13.1. The number of carbonyl (C=O) groups excluding carboxylic acids is 3. The lowest BCUT2D eigenvalue weighted by atomic mass is 9.77. The van der Waals surface area contributed by atoms with Gasteiger partial charge < -0.3 is 24.7 Å². The third-order valence-corrected chi connectivity index (χ3v) is 8.19. The number of Topliss-reactive ketones (excluding diaryl/α,β-unsaturated/α-hetero) is 1. The number of nitrogens with zero attached hydrogens (tertiary/aromatic N) is 2. The van der Waals surface area contributed by atoms with Crippen LogP contribution >= 0.6 is 11.3 Å². The number of thiazole rings is 1. The van der Waals surface area contributed by atoms with Crippen molar-refractivity contribution in [3.05, 3.63) is 143 Å². The van der Waals surface area contributed by atoms with Crippen molar-refractivity contribution in [2.45, 2.75) is 38.8 Å². The zero-order valence-corrected chi connectivity index (χ0v) is 28.2. The molecular weight excluding hydrogens is 658 g/mol. The fourth-order valence-corrected chi connectivity index (χ4v) is 6.04. The van der Waals surface area contributed by atoms with Gasteiger partial charge in [0.25, 0.3) is 0 Å². The predicted octanol–water partition coefficient (Wildman–Crippen LogP) is 6.86. The lowest BCUT2D eigenvalue weighted by Gasteiger charge is -2.36. The van der Waals surface area contributed by atoms with Crippen molar-refractivity contribution in [1.82, 2.24) is 4.98 Å². The summed E-state index contributed by atoms with van der Waals surface area (Å²) in [5.74, 6) is -3.18. The number of esters is 2. The molecule has 0 bridgehead atoms. The SMILES string of the molecule is CC(=O)Oc1ccc(C(=O)CC(C)ON=C(C(=O)O)c2csc(NC(c3ccccc3)(c3ccccc3)c3ccccc3)n2)cc1OC(C)=O. The van der Waals surface area contributed by atoms with Crippen LogP contribution in [0.25, 0.3) is 0 Å². The summed E-state index contributed by atoms with van der Waals surface area (Å²) < 4.78 is 10.2. The maximum atomic E-state index is 13.1. The molecule has 1 unspecified atom stereocenters. The Hall–Kier alpha value is -6.14. The van der Waals surface area contributed by atoms with Crippen LogP contribution in [0.3, 0.4) is 0 Å². The molecule has 1 heterocycles. The minimum absolute atomic E-state index is 0.0186. The summed E-state index contributed by atoms with van der Waals surface area (Å²) in [5, 5.41) is 19.6. The first kappa shape index (κ1) is 35.2. The van der Waals surface area contributed by atoms with Gasteiger partial charge in [-0.2, -0.15) is 0 Å². The van der Waals surface area contributed by atoms with E-state index in [0.29, 0.717) is 5.13 Å². The number of nitrogens with one attached hydrogen (secondary N) is 1. The minimum Gasteiger partial charge on any atom is -0.476 e. The van der Waals surface area contributed by atoms with Crippen molar-refractivity contribution in [3.8, 4) is 11.5 Å². The Bertz CT molecular complexity index is 1920. The minimum atomic E-state index is -1.37. The molecule has 0 spiro atoms. The molecule has 0 fully saturated rings. The van der Waals surface area contributed by atoms with Gasteiger partial charge in [0.15, 0.2) is 22.4 Å². The third kappa shape index (κ3) is 8.28. The van der Waals surface area contributed by atoms with Crippen molar-refractivity contribution in [1.29, 1.82) is 0 Å². The van der Waals surface area contributed by atoms with Crippen LogP contribution in [0, 0.1) is 0 Å². The highest BCUT2D eigenvalue weighted by atomic mass is 32.1. The molecule has 0 aliphatic carbocycles. The number of anilines is 1. The van der Waals surface area contributed by atoms with Gasteiger partial charge in [-0.25, -0.2) is 9.78 Å². The van der Waals surface area contributed by atoms with Crippen molar-refractivity contribution in [2.24, 2.45) is 5.16 Å². The van der Waals surface area contributed by atoms with Crippen LogP contribution in [0.4, 0.5) is 5.13 Å². The van der Waals surface area contributed by atoms with Crippen LogP contribution in [0.5, 0.6) is 11.5 Å². The first-order valence-corrected chi connectivity index (χ1v) is 16.4. The molecule has 2 N–H and O–H groups in total. The molecule has 0 aliphatic rings. The zero-order chi connectivity index (χ0) is 35.7. The van der Waals surface area contributed by atoms with Crippen LogP contribution < -0.4 is 14.8 Å². The highest BCUT2D eigenvalue weighted by Crippen LogP contribution is 2.40. The molecule has 254 valence electrons. The summed E-state index contributed by atoms with van der Waals surface area (Å²) in [6.07, 6.45) is -1.04. The molecule has 12 heteroatoms. The number of oxime groups is 1. The molecule has 5 rings (SSSR count). The molecule has 0 saturated carbocycles. The average molecular weight is 692 g/mol. The number of carbonyl (C=O) groups is 4. The Morgan fingerprint density at radius 2 is 1.32 bits per heavy atom. The number of ether oxygens (including phenoxy) is 2. The predicted molar refractivity (Wildman–Crippen MR) is 188 cm³/mol. The standard InChI is InChI=1S/C38H33N3O8S/c1-24(21-32(44)27-19-20-33(47-25(2)42)34(22-27)48-26(3)43)49-41-35(36(45)46)31-23-50-37(39-31)40-38(28-13-7-4-8-14-28,29-15-9-5-10-16-29)30-17-11-6-12-18-30/h4-20,22-24H,21H2,1-3H3,(H,39,40)(H,45,46). The number of aromatic nitrogens is 1. The number of benzene rings is 4. The van der Waals surface area contributed by atoms with Crippen molar-refractivity contribution >= 4 is 45.9 Å². The molecule has 1 aromatic heterocycles. The van der Waals surface area contributed by atoms with E-state index in [0.717, 1.165) is 16.7 Å². The van der Waals surface area contributed by atoms with E-state index in [9.17, 15) is 24.3 Å². The molecule has 50 heavy (non-hydrogen) atoms. The number of aliphatic carboxylic acids is 1. The van der Waals surface area contributed by atoms with E-state index in [1.165, 1.54) is 43.4 Å². The van der Waals surface area contributed by atoms with Crippen molar-refractivity contribution in [2.75, 3.05) is 5.32 Å². The topological polar surface area (TPSA) is 153 Å². The molecular formula is C38H33N3O8S. The third-order valence-electron chi connectivity index (χ3n) is 7.43. The molecule has 4 aromatic carbocycles. The van der Waals surface area contributed by atoms with Crippen LogP contribution in [-0.4, -0.2) is 45.6 Å². The number of carboxylic acid groups (broad SMARTS) is 1. The Balaban J connectivity index is 1.39. The van der Waals surface area contributed by atoms with Crippen LogP contribution in [0.15, 0.2) is 120 Å². The lowest BCUT2D eigenvalue weighted by Crippen LogP contribution is -2.38. The second-order valence-corrected chi connectivity index (χ2v) is 12.0. The smallest absolute Gasteiger partial charge is 0.360 e. The monoisotopic (exact) mass is 691 g/mol. The van der Waals surface area contributed by atoms with Crippen molar-refractivity contribution in [3.63, 3.8) is 0 Å². The molecule has 0 saturated heterocycles. The van der Waals surface area contributed by atoms with Gasteiger partial charge in [0, 0.05) is 24.8 Å². The summed E-state index contributed by atoms with van der Waals surface area (Å²) in [6, 6.07) is 33.7. The van der Waals surface area contributed by atoms with Crippen LogP contribution in [0.2, 0.25) is 0 Å². The maximum Gasteiger partial charge on any atom is 0.360 e. The highest BCUT2D eigenvalue weighted by molar-refractivity contribution is 7.14. The van der Waals surface area contributed by atoms with E-state index in [1.807, 2.05) is 91.0 Å². The Labute approximate surface area is 292 Å². The molecule has 0 radical (unpaired) electrons. The van der Waals surface area contributed by atoms with E-state index in [-0.39, 0.29) is 29.2 Å². The van der Waals surface area contributed by atoms with Gasteiger partial charge in [-0.05, 0) is 41.8 Å². The number of hydrogen-bond donors (Lipinski definition) is 2. The largest absolute Gasteiger partial charge is 0.476 e. The van der Waals surface area contributed by atoms with Crippen LogP contribution in [-0.2, 0) is 24.8 Å². The number of ketones is 1. The summed E-state index contributed by atoms with van der Waals surface area (Å²) in [6.45, 7) is 3.93. The van der Waals surface area contributed by atoms with Crippen LogP contribution in [0.1, 0.15) is 59.9 Å². The zero-order valence-electron chi connectivity index (χ0n) is 27.4. The van der Waals surface area contributed by atoms with Gasteiger partial charge in [-0.3, -0.25) is 14.4 Å². The summed E-state index contributed by atoms with van der Waals surface area (Å²) in [4.78, 5) is 58.5. The number of rotatable bonds is 14. The number of hydrogen-bond acceptors (Lipinski definition) is 11. The van der Waals surface area contributed by atoms with Crippen molar-refractivity contribution < 1.29 is 38.6 Å². The van der Waals surface area contributed by atoms with E-state index in [1.54, 1.807) is 12.3 Å². The Kier molecular flexibility index (Phi) is 11.1. The van der Waals surface area contributed by atoms with Gasteiger partial charge in [0.2, 0.25) is 5.71 Å². The molecule has 0 aliphatic heterocycles. The summed E-state index contributed by atoms with van der Waals surface area (Å²) in [7, 11) is 0. The quantitative estimate of drug-likeness (QED) is 0.0315. The fourth-order valence-electron chi connectivity index (χ4n) is 5.29. The van der Waals surface area contributed by atoms with E-state index < -0.39 is 41.0 Å². The molecule has 1 atom stereocenters. The van der Waals surface area contributed by atoms with Gasteiger partial charge in [-0.1, -0.05) is 96.2 Å². The summed E-state index contributed by atoms with van der Waals surface area (Å²) >= 11 is 1.22. The second kappa shape index (κ2) is 15.8. The van der Waals surface area contributed by atoms with Gasteiger partial charge in [0.05, 0.1) is 6.42 Å². The lowest BCUT2D eigenvalue weighted by molar-refractivity contribution is -0.134. The fraction of sp³-hybridized carbons (Fsp3) is 0.158. The van der Waals surface area contributed by atoms with Gasteiger partial charge in [-0.15, -0.1) is 11.3 Å². The molecule has 11 nitrogen and oxygen atoms in total. The van der Waals surface area contributed by atoms with Gasteiger partial charge >= 0.3 is 17.9 Å². The molecule has 5 aromatic rings. The normalized spacial score (nSPS) is 12.0. The highest BCUT2D eigenvalue weighted by Gasteiger charge is 2.37. The van der Waals surface area contributed by atoms with E-state index in [4.69, 9.17) is 14.3 Å².